The normalized spacial score (nSPS) is 16.0. The van der Waals surface area contributed by atoms with Crippen molar-refractivity contribution in [2.24, 2.45) is 5.73 Å². The van der Waals surface area contributed by atoms with Crippen molar-refractivity contribution >= 4 is 17.7 Å². The van der Waals surface area contributed by atoms with Crippen LogP contribution < -0.4 is 11.1 Å². The van der Waals surface area contributed by atoms with Gasteiger partial charge in [-0.2, -0.15) is 0 Å². The molecular weight excluding hydrogens is 260 g/mol. The van der Waals surface area contributed by atoms with Crippen LogP contribution in [0.2, 0.25) is 0 Å². The maximum Gasteiger partial charge on any atom is 0.237 e. The quantitative estimate of drug-likeness (QED) is 0.720. The predicted octanol–water partition coefficient (Wildman–Crippen LogP) is 2.70. The second kappa shape index (κ2) is 7.01. The molecule has 0 saturated heterocycles. The van der Waals surface area contributed by atoms with E-state index in [1.807, 2.05) is 19.9 Å². The minimum atomic E-state index is -0.653. The average Bonchev–Trinajstić information content (AvgIpc) is 2.72. The molecule has 3 N–H and O–H groups in total. The number of amides is 1. The van der Waals surface area contributed by atoms with Gasteiger partial charge in [-0.1, -0.05) is 13.8 Å². The summed E-state index contributed by atoms with van der Waals surface area (Å²) in [5, 5.41) is 3.54. The summed E-state index contributed by atoms with van der Waals surface area (Å²) in [5.41, 5.74) is 4.88. The molecule has 0 aliphatic rings. The fourth-order valence-electron chi connectivity index (χ4n) is 1.99. The monoisotopic (exact) mass is 284 g/mol. The van der Waals surface area contributed by atoms with Crippen molar-refractivity contribution in [1.82, 2.24) is 5.32 Å². The van der Waals surface area contributed by atoms with Gasteiger partial charge in [0.05, 0.1) is 11.8 Å². The zero-order valence-electron chi connectivity index (χ0n) is 12.2. The molecule has 0 saturated carbocycles. The van der Waals surface area contributed by atoms with Crippen LogP contribution in [0.3, 0.4) is 0 Å². The van der Waals surface area contributed by atoms with E-state index in [1.54, 1.807) is 18.0 Å². The van der Waals surface area contributed by atoms with E-state index in [4.69, 9.17) is 10.2 Å². The fraction of sp³-hybridized carbons (Fsp3) is 0.643. The molecule has 1 heterocycles. The largest absolute Gasteiger partial charge is 0.468 e. The van der Waals surface area contributed by atoms with E-state index in [2.05, 4.69) is 19.2 Å². The lowest BCUT2D eigenvalue weighted by Gasteiger charge is -2.30. The first-order chi connectivity index (χ1) is 8.89. The SMILES string of the molecule is CCCNC(C)(CC(C)Sc1ccoc1C)C(N)=O. The first-order valence-electron chi connectivity index (χ1n) is 6.64. The highest BCUT2D eigenvalue weighted by Gasteiger charge is 2.32. The number of primary amides is 1. The summed E-state index contributed by atoms with van der Waals surface area (Å²) in [4.78, 5) is 12.8. The van der Waals surface area contributed by atoms with E-state index < -0.39 is 5.54 Å². The Balaban J connectivity index is 2.63. The fourth-order valence-corrected chi connectivity index (χ4v) is 3.19. The lowest BCUT2D eigenvalue weighted by Crippen LogP contribution is -2.54. The molecule has 2 atom stereocenters. The molecule has 0 radical (unpaired) electrons. The number of hydrogen-bond acceptors (Lipinski definition) is 4. The Morgan fingerprint density at radius 2 is 2.32 bits per heavy atom. The second-order valence-corrected chi connectivity index (χ2v) is 6.58. The maximum absolute atomic E-state index is 11.7. The zero-order valence-corrected chi connectivity index (χ0v) is 13.0. The Morgan fingerprint density at radius 3 is 2.79 bits per heavy atom. The van der Waals surface area contributed by atoms with Crippen LogP contribution in [0.25, 0.3) is 0 Å². The molecule has 0 aliphatic carbocycles. The summed E-state index contributed by atoms with van der Waals surface area (Å²) in [5.74, 6) is 0.622. The number of nitrogens with one attached hydrogen (secondary N) is 1. The van der Waals surface area contributed by atoms with Crippen LogP contribution >= 0.6 is 11.8 Å². The first-order valence-corrected chi connectivity index (χ1v) is 7.52. The van der Waals surface area contributed by atoms with Gasteiger partial charge in [0.15, 0.2) is 0 Å². The topological polar surface area (TPSA) is 68.3 Å². The van der Waals surface area contributed by atoms with Crippen molar-refractivity contribution in [2.75, 3.05) is 6.54 Å². The predicted molar refractivity (Wildman–Crippen MR) is 79.3 cm³/mol. The van der Waals surface area contributed by atoms with E-state index in [0.717, 1.165) is 23.6 Å². The van der Waals surface area contributed by atoms with Crippen LogP contribution in [0.4, 0.5) is 0 Å². The van der Waals surface area contributed by atoms with Gasteiger partial charge in [-0.05, 0) is 39.3 Å². The summed E-state index contributed by atoms with van der Waals surface area (Å²) in [6.45, 7) is 8.79. The Hall–Kier alpha value is -0.940. The molecule has 0 spiro atoms. The van der Waals surface area contributed by atoms with Crippen LogP contribution in [0.1, 0.15) is 39.4 Å². The van der Waals surface area contributed by atoms with Crippen molar-refractivity contribution in [3.63, 3.8) is 0 Å². The Labute approximate surface area is 119 Å². The van der Waals surface area contributed by atoms with Gasteiger partial charge >= 0.3 is 0 Å². The lowest BCUT2D eigenvalue weighted by molar-refractivity contribution is -0.124. The summed E-state index contributed by atoms with van der Waals surface area (Å²) >= 11 is 1.71. The zero-order chi connectivity index (χ0) is 14.5. The molecule has 4 nitrogen and oxygen atoms in total. The number of carbonyl (C=O) groups excluding carboxylic acids is 1. The third-order valence-electron chi connectivity index (χ3n) is 3.14. The van der Waals surface area contributed by atoms with E-state index >= 15 is 0 Å². The standard InChI is InChI=1S/C14H24N2O2S/c1-5-7-16-14(4,13(15)17)9-10(2)19-12-6-8-18-11(12)3/h6,8,10,16H,5,7,9H2,1-4H3,(H2,15,17). The molecule has 2 unspecified atom stereocenters. The Morgan fingerprint density at radius 1 is 1.63 bits per heavy atom. The van der Waals surface area contributed by atoms with Gasteiger partial charge in [0.1, 0.15) is 5.76 Å². The molecule has 0 bridgehead atoms. The van der Waals surface area contributed by atoms with Gasteiger partial charge in [0.2, 0.25) is 5.91 Å². The van der Waals surface area contributed by atoms with Crippen molar-refractivity contribution in [3.05, 3.63) is 18.1 Å². The lowest BCUT2D eigenvalue weighted by atomic mass is 9.95. The third-order valence-corrected chi connectivity index (χ3v) is 4.39. The van der Waals surface area contributed by atoms with E-state index in [1.165, 1.54) is 0 Å². The Bertz CT molecular complexity index is 419. The van der Waals surface area contributed by atoms with E-state index in [-0.39, 0.29) is 11.2 Å². The molecule has 108 valence electrons. The van der Waals surface area contributed by atoms with Crippen molar-refractivity contribution < 1.29 is 9.21 Å². The second-order valence-electron chi connectivity index (χ2n) is 5.10. The van der Waals surface area contributed by atoms with Crippen molar-refractivity contribution in [3.8, 4) is 0 Å². The number of hydrogen-bond donors (Lipinski definition) is 2. The molecule has 0 aromatic carbocycles. The van der Waals surface area contributed by atoms with Crippen LogP contribution in [-0.4, -0.2) is 23.2 Å². The summed E-state index contributed by atoms with van der Waals surface area (Å²) in [7, 11) is 0. The minimum Gasteiger partial charge on any atom is -0.468 e. The number of furan rings is 1. The molecule has 19 heavy (non-hydrogen) atoms. The molecule has 1 amide bonds. The van der Waals surface area contributed by atoms with E-state index in [0.29, 0.717) is 6.42 Å². The average molecular weight is 284 g/mol. The van der Waals surface area contributed by atoms with Gasteiger partial charge in [-0.25, -0.2) is 0 Å². The minimum absolute atomic E-state index is 0.276. The third kappa shape index (κ3) is 4.58. The molecule has 0 fully saturated rings. The number of thioether (sulfide) groups is 1. The molecule has 5 heteroatoms. The van der Waals surface area contributed by atoms with Gasteiger partial charge in [-0.3, -0.25) is 4.79 Å². The molecule has 0 aliphatic heterocycles. The highest BCUT2D eigenvalue weighted by atomic mass is 32.2. The summed E-state index contributed by atoms with van der Waals surface area (Å²) < 4.78 is 5.28. The summed E-state index contributed by atoms with van der Waals surface area (Å²) in [6, 6.07) is 1.96. The smallest absolute Gasteiger partial charge is 0.237 e. The van der Waals surface area contributed by atoms with Crippen molar-refractivity contribution in [2.45, 2.75) is 56.2 Å². The molecule has 1 aromatic rings. The maximum atomic E-state index is 11.7. The first kappa shape index (κ1) is 16.1. The molecular formula is C14H24N2O2S. The van der Waals surface area contributed by atoms with Gasteiger partial charge < -0.3 is 15.5 Å². The number of nitrogens with two attached hydrogens (primary N) is 1. The van der Waals surface area contributed by atoms with Gasteiger partial charge in [0, 0.05) is 10.1 Å². The van der Waals surface area contributed by atoms with Crippen LogP contribution in [0.5, 0.6) is 0 Å². The number of rotatable bonds is 8. The van der Waals surface area contributed by atoms with Crippen LogP contribution in [-0.2, 0) is 4.79 Å². The Kier molecular flexibility index (Phi) is 5.94. The molecule has 1 aromatic heterocycles. The van der Waals surface area contributed by atoms with Gasteiger partial charge in [-0.15, -0.1) is 11.8 Å². The van der Waals surface area contributed by atoms with Crippen LogP contribution in [0, 0.1) is 6.92 Å². The summed E-state index contributed by atoms with van der Waals surface area (Å²) in [6.07, 6.45) is 3.36. The highest BCUT2D eigenvalue weighted by molar-refractivity contribution is 8.00. The number of carbonyl (C=O) groups is 1. The van der Waals surface area contributed by atoms with Gasteiger partial charge in [0.25, 0.3) is 0 Å². The number of aryl methyl sites for hydroxylation is 1. The molecule has 1 rings (SSSR count). The van der Waals surface area contributed by atoms with Crippen LogP contribution in [0.15, 0.2) is 21.6 Å². The van der Waals surface area contributed by atoms with Crippen molar-refractivity contribution in [1.29, 1.82) is 0 Å². The van der Waals surface area contributed by atoms with E-state index in [9.17, 15) is 4.79 Å². The highest BCUT2D eigenvalue weighted by Crippen LogP contribution is 2.31.